The minimum atomic E-state index is 0.136. The van der Waals surface area contributed by atoms with Crippen LogP contribution in [0, 0.1) is 6.92 Å². The summed E-state index contributed by atoms with van der Waals surface area (Å²) in [6.45, 7) is 4.90. The summed E-state index contributed by atoms with van der Waals surface area (Å²) in [5, 5.41) is 13.3. The number of hydrogen-bond donors (Lipinski definition) is 2. The van der Waals surface area contributed by atoms with E-state index in [1.165, 1.54) is 5.56 Å². The van der Waals surface area contributed by atoms with Crippen LogP contribution in [0.15, 0.2) is 42.7 Å². The molecular weight excluding hydrogens is 236 g/mol. The quantitative estimate of drug-likeness (QED) is 0.864. The maximum atomic E-state index is 9.93. The Labute approximate surface area is 114 Å². The first kappa shape index (κ1) is 13.6. The van der Waals surface area contributed by atoms with Gasteiger partial charge in [0, 0.05) is 24.0 Å². The van der Waals surface area contributed by atoms with Gasteiger partial charge in [0.05, 0.1) is 0 Å². The molecule has 1 atom stereocenters. The zero-order chi connectivity index (χ0) is 13.7. The van der Waals surface area contributed by atoms with Gasteiger partial charge in [0.15, 0.2) is 0 Å². The molecule has 0 aliphatic carbocycles. The Hall–Kier alpha value is -1.87. The molecule has 1 unspecified atom stereocenters. The topological polar surface area (TPSA) is 45.2 Å². The van der Waals surface area contributed by atoms with Crippen LogP contribution in [0.25, 0.3) is 0 Å². The SMILES string of the molecule is Cc1ccc(C(C)NCCc2cccnc2)c(O)c1. The van der Waals surface area contributed by atoms with Crippen molar-refractivity contribution in [1.29, 1.82) is 0 Å². The zero-order valence-corrected chi connectivity index (χ0v) is 11.4. The zero-order valence-electron chi connectivity index (χ0n) is 11.4. The van der Waals surface area contributed by atoms with Gasteiger partial charge in [0.2, 0.25) is 0 Å². The maximum absolute atomic E-state index is 9.93. The predicted octanol–water partition coefficient (Wildman–Crippen LogP) is 2.99. The van der Waals surface area contributed by atoms with E-state index < -0.39 is 0 Å². The molecule has 0 aliphatic rings. The first-order valence-corrected chi connectivity index (χ1v) is 6.58. The van der Waals surface area contributed by atoms with Crippen molar-refractivity contribution in [3.05, 3.63) is 59.4 Å². The van der Waals surface area contributed by atoms with Crippen LogP contribution in [0.4, 0.5) is 0 Å². The highest BCUT2D eigenvalue weighted by molar-refractivity contribution is 5.37. The molecular formula is C16H20N2O. The number of aromatic hydroxyl groups is 1. The molecule has 2 aromatic rings. The van der Waals surface area contributed by atoms with Crippen LogP contribution in [-0.4, -0.2) is 16.6 Å². The monoisotopic (exact) mass is 256 g/mol. The molecule has 19 heavy (non-hydrogen) atoms. The van der Waals surface area contributed by atoms with Crippen LogP contribution in [0.5, 0.6) is 5.75 Å². The van der Waals surface area contributed by atoms with Crippen molar-refractivity contribution in [2.75, 3.05) is 6.54 Å². The Bertz CT molecular complexity index is 526. The minimum absolute atomic E-state index is 0.136. The van der Waals surface area contributed by atoms with Gasteiger partial charge in [-0.2, -0.15) is 0 Å². The Balaban J connectivity index is 1.89. The van der Waals surface area contributed by atoms with E-state index in [-0.39, 0.29) is 6.04 Å². The molecule has 2 rings (SSSR count). The third-order valence-electron chi connectivity index (χ3n) is 3.24. The van der Waals surface area contributed by atoms with Gasteiger partial charge < -0.3 is 10.4 Å². The summed E-state index contributed by atoms with van der Waals surface area (Å²) >= 11 is 0. The van der Waals surface area contributed by atoms with E-state index in [2.05, 4.69) is 23.3 Å². The minimum Gasteiger partial charge on any atom is -0.508 e. The maximum Gasteiger partial charge on any atom is 0.120 e. The molecule has 0 radical (unpaired) electrons. The fraction of sp³-hybridized carbons (Fsp3) is 0.312. The molecule has 1 heterocycles. The summed E-state index contributed by atoms with van der Waals surface area (Å²) in [7, 11) is 0. The summed E-state index contributed by atoms with van der Waals surface area (Å²) < 4.78 is 0. The van der Waals surface area contributed by atoms with Gasteiger partial charge in [-0.1, -0.05) is 18.2 Å². The number of benzene rings is 1. The number of nitrogens with zero attached hydrogens (tertiary/aromatic N) is 1. The highest BCUT2D eigenvalue weighted by Gasteiger charge is 2.09. The lowest BCUT2D eigenvalue weighted by Crippen LogP contribution is -2.21. The number of pyridine rings is 1. The third kappa shape index (κ3) is 3.80. The van der Waals surface area contributed by atoms with Crippen molar-refractivity contribution in [2.45, 2.75) is 26.3 Å². The van der Waals surface area contributed by atoms with Crippen LogP contribution >= 0.6 is 0 Å². The lowest BCUT2D eigenvalue weighted by atomic mass is 10.0. The number of phenolic OH excluding ortho intramolecular Hbond substituents is 1. The van der Waals surface area contributed by atoms with E-state index >= 15 is 0 Å². The molecule has 2 N–H and O–H groups in total. The van der Waals surface area contributed by atoms with E-state index in [1.54, 1.807) is 12.3 Å². The van der Waals surface area contributed by atoms with Gasteiger partial charge >= 0.3 is 0 Å². The number of rotatable bonds is 5. The van der Waals surface area contributed by atoms with Crippen LogP contribution < -0.4 is 5.32 Å². The predicted molar refractivity (Wildman–Crippen MR) is 77.2 cm³/mol. The average Bonchev–Trinajstić information content (AvgIpc) is 2.39. The van der Waals surface area contributed by atoms with Crippen molar-refractivity contribution in [3.63, 3.8) is 0 Å². The molecule has 3 heteroatoms. The first-order valence-electron chi connectivity index (χ1n) is 6.58. The smallest absolute Gasteiger partial charge is 0.120 e. The molecule has 0 aliphatic heterocycles. The summed E-state index contributed by atoms with van der Waals surface area (Å²) in [5.74, 6) is 0.362. The number of phenols is 1. The fourth-order valence-electron chi connectivity index (χ4n) is 2.11. The molecule has 1 aromatic carbocycles. The van der Waals surface area contributed by atoms with Crippen LogP contribution in [0.3, 0.4) is 0 Å². The third-order valence-corrected chi connectivity index (χ3v) is 3.24. The van der Waals surface area contributed by atoms with Gasteiger partial charge in [-0.25, -0.2) is 0 Å². The van der Waals surface area contributed by atoms with Crippen molar-refractivity contribution < 1.29 is 5.11 Å². The van der Waals surface area contributed by atoms with Gasteiger partial charge in [0.25, 0.3) is 0 Å². The summed E-state index contributed by atoms with van der Waals surface area (Å²) in [5.41, 5.74) is 3.23. The Kier molecular flexibility index (Phi) is 4.53. The van der Waals surface area contributed by atoms with Crippen LogP contribution in [0.1, 0.15) is 29.7 Å². The standard InChI is InChI=1S/C16H20N2O/c1-12-5-6-15(16(19)10-12)13(2)18-9-7-14-4-3-8-17-11-14/h3-6,8,10-11,13,18-19H,7,9H2,1-2H3. The second-order valence-corrected chi connectivity index (χ2v) is 4.85. The normalized spacial score (nSPS) is 12.3. The fourth-order valence-corrected chi connectivity index (χ4v) is 2.11. The Morgan fingerprint density at radius 1 is 1.32 bits per heavy atom. The molecule has 0 amide bonds. The first-order chi connectivity index (χ1) is 9.16. The molecule has 100 valence electrons. The Morgan fingerprint density at radius 2 is 2.16 bits per heavy atom. The lowest BCUT2D eigenvalue weighted by molar-refractivity contribution is 0.452. The number of hydrogen-bond acceptors (Lipinski definition) is 3. The number of nitrogens with one attached hydrogen (secondary N) is 1. The molecule has 0 saturated carbocycles. The van der Waals surface area contributed by atoms with Crippen LogP contribution in [0.2, 0.25) is 0 Å². The number of aromatic nitrogens is 1. The van der Waals surface area contributed by atoms with Crippen molar-refractivity contribution in [1.82, 2.24) is 10.3 Å². The molecule has 0 saturated heterocycles. The molecule has 3 nitrogen and oxygen atoms in total. The second kappa shape index (κ2) is 6.34. The summed E-state index contributed by atoms with van der Waals surface area (Å²) in [4.78, 5) is 4.10. The van der Waals surface area contributed by atoms with E-state index in [0.717, 1.165) is 24.1 Å². The molecule has 0 spiro atoms. The molecule has 1 aromatic heterocycles. The van der Waals surface area contributed by atoms with Gasteiger partial charge in [-0.05, 0) is 50.1 Å². The Morgan fingerprint density at radius 3 is 2.84 bits per heavy atom. The van der Waals surface area contributed by atoms with E-state index in [4.69, 9.17) is 0 Å². The summed E-state index contributed by atoms with van der Waals surface area (Å²) in [6.07, 6.45) is 4.60. The van der Waals surface area contributed by atoms with E-state index in [0.29, 0.717) is 5.75 Å². The average molecular weight is 256 g/mol. The molecule has 0 bridgehead atoms. The van der Waals surface area contributed by atoms with Gasteiger partial charge in [0.1, 0.15) is 5.75 Å². The van der Waals surface area contributed by atoms with Gasteiger partial charge in [-0.15, -0.1) is 0 Å². The van der Waals surface area contributed by atoms with Gasteiger partial charge in [-0.3, -0.25) is 4.98 Å². The van der Waals surface area contributed by atoms with E-state index in [9.17, 15) is 5.11 Å². The highest BCUT2D eigenvalue weighted by Crippen LogP contribution is 2.24. The largest absolute Gasteiger partial charge is 0.508 e. The number of aryl methyl sites for hydroxylation is 1. The van der Waals surface area contributed by atoms with Crippen LogP contribution in [-0.2, 0) is 6.42 Å². The van der Waals surface area contributed by atoms with E-state index in [1.807, 2.05) is 31.3 Å². The van der Waals surface area contributed by atoms with Crippen molar-refractivity contribution in [3.8, 4) is 5.75 Å². The lowest BCUT2D eigenvalue weighted by Gasteiger charge is -2.16. The van der Waals surface area contributed by atoms with Crippen molar-refractivity contribution in [2.24, 2.45) is 0 Å². The highest BCUT2D eigenvalue weighted by atomic mass is 16.3. The summed E-state index contributed by atoms with van der Waals surface area (Å²) in [6, 6.07) is 9.96. The molecule has 0 fully saturated rings. The van der Waals surface area contributed by atoms with Crippen molar-refractivity contribution >= 4 is 0 Å². The second-order valence-electron chi connectivity index (χ2n) is 4.85.